The molecule has 0 fully saturated rings. The first-order valence-electron chi connectivity index (χ1n) is 7.51. The largest absolute Gasteiger partial charge is 0.349 e. The monoisotopic (exact) mass is 256 g/mol. The van der Waals surface area contributed by atoms with Crippen LogP contribution in [0.15, 0.2) is 0 Å². The molecule has 0 unspecified atom stereocenters. The van der Waals surface area contributed by atoms with E-state index in [1.165, 1.54) is 57.6 Å². The Labute approximate surface area is 114 Å². The lowest BCUT2D eigenvalue weighted by atomic mass is 10.2. The van der Waals surface area contributed by atoms with Crippen LogP contribution in [0.4, 0.5) is 0 Å². The predicted octanol–water partition coefficient (Wildman–Crippen LogP) is 2.86. The van der Waals surface area contributed by atoms with Gasteiger partial charge in [-0.2, -0.15) is 0 Å². The van der Waals surface area contributed by atoms with Gasteiger partial charge in [0.2, 0.25) is 0 Å². The zero-order chi connectivity index (χ0) is 14.0. The first kappa shape index (κ1) is 17.3. The second-order valence-corrected chi connectivity index (χ2v) is 5.49. The molecule has 0 amide bonds. The highest BCUT2D eigenvalue weighted by Crippen LogP contribution is 2.05. The summed E-state index contributed by atoms with van der Waals surface area (Å²) in [5.74, 6) is 1.34. The van der Waals surface area contributed by atoms with E-state index in [0.717, 1.165) is 0 Å². The summed E-state index contributed by atoms with van der Waals surface area (Å²) in [6.07, 6.45) is 7.85. The van der Waals surface area contributed by atoms with E-state index in [0.29, 0.717) is 0 Å². The van der Waals surface area contributed by atoms with Gasteiger partial charge < -0.3 is 0 Å². The Balaban J connectivity index is 4.55. The van der Waals surface area contributed by atoms with Crippen molar-refractivity contribution in [3.05, 3.63) is 0 Å². The summed E-state index contributed by atoms with van der Waals surface area (Å²) in [6, 6.07) is 0. The maximum Gasteiger partial charge on any atom is 0.349 e. The van der Waals surface area contributed by atoms with Crippen LogP contribution < -0.4 is 0 Å². The van der Waals surface area contributed by atoms with Crippen molar-refractivity contribution < 1.29 is 4.58 Å². The number of guanidine groups is 1. The first-order chi connectivity index (χ1) is 8.54. The van der Waals surface area contributed by atoms with Gasteiger partial charge in [-0.1, -0.05) is 39.5 Å². The molecule has 108 valence electrons. The van der Waals surface area contributed by atoms with Crippen LogP contribution in [0.25, 0.3) is 0 Å². The van der Waals surface area contributed by atoms with Crippen LogP contribution in [0.3, 0.4) is 0 Å². The van der Waals surface area contributed by atoms with E-state index in [1.807, 2.05) is 0 Å². The van der Waals surface area contributed by atoms with Crippen LogP contribution in [0.5, 0.6) is 0 Å². The second-order valence-electron chi connectivity index (χ2n) is 5.49. The van der Waals surface area contributed by atoms with Crippen molar-refractivity contribution in [2.45, 2.75) is 52.4 Å². The van der Waals surface area contributed by atoms with E-state index in [2.05, 4.69) is 56.4 Å². The smallest absolute Gasteiger partial charge is 0.270 e. The molecule has 0 aromatic carbocycles. The third-order valence-electron chi connectivity index (χ3n) is 3.15. The van der Waals surface area contributed by atoms with Gasteiger partial charge in [0.1, 0.15) is 0 Å². The Morgan fingerprint density at radius 1 is 0.833 bits per heavy atom. The molecule has 0 radical (unpaired) electrons. The van der Waals surface area contributed by atoms with Gasteiger partial charge in [0.05, 0.1) is 41.3 Å². The Morgan fingerprint density at radius 3 is 1.56 bits per heavy atom. The normalized spacial score (nSPS) is 10.3. The minimum absolute atomic E-state index is 1.18. The molecule has 0 aromatic rings. The minimum atomic E-state index is 1.18. The first-order valence-corrected chi connectivity index (χ1v) is 7.51. The van der Waals surface area contributed by atoms with Gasteiger partial charge in [-0.05, 0) is 12.8 Å². The highest BCUT2D eigenvalue weighted by molar-refractivity contribution is 5.74. The molecule has 0 bridgehead atoms. The van der Waals surface area contributed by atoms with E-state index < -0.39 is 0 Å². The van der Waals surface area contributed by atoms with Gasteiger partial charge in [0, 0.05) is 0 Å². The molecule has 3 nitrogen and oxygen atoms in total. The lowest BCUT2D eigenvalue weighted by Crippen LogP contribution is -2.46. The molecule has 0 aromatic heterocycles. The standard InChI is InChI=1S/C15H34N3/c1-7-9-11-13-18(14-12-10-8-2)15(16(3)4)17(5)6/h7-14H2,1-6H3/q+1. The molecule has 0 saturated heterocycles. The van der Waals surface area contributed by atoms with Crippen LogP contribution in [0.2, 0.25) is 0 Å². The molecule has 0 N–H and O–H groups in total. The van der Waals surface area contributed by atoms with Crippen molar-refractivity contribution in [3.8, 4) is 0 Å². The van der Waals surface area contributed by atoms with Crippen molar-refractivity contribution in [3.63, 3.8) is 0 Å². The molecule has 3 heteroatoms. The molecule has 0 atom stereocenters. The van der Waals surface area contributed by atoms with Gasteiger partial charge in [0.15, 0.2) is 0 Å². The lowest BCUT2D eigenvalue weighted by Gasteiger charge is -2.25. The zero-order valence-electron chi connectivity index (χ0n) is 13.5. The second kappa shape index (κ2) is 10.2. The fraction of sp³-hybridized carbons (Fsp3) is 0.933. The van der Waals surface area contributed by atoms with Crippen LogP contribution >= 0.6 is 0 Å². The minimum Gasteiger partial charge on any atom is -0.270 e. The highest BCUT2D eigenvalue weighted by Gasteiger charge is 2.21. The van der Waals surface area contributed by atoms with Crippen LogP contribution in [0, 0.1) is 0 Å². The molecule has 0 heterocycles. The maximum atomic E-state index is 2.55. The molecular weight excluding hydrogens is 222 g/mol. The molecular formula is C15H34N3+. The summed E-state index contributed by atoms with van der Waals surface area (Å²) in [5.41, 5.74) is 0. The summed E-state index contributed by atoms with van der Waals surface area (Å²) in [4.78, 5) is 4.78. The van der Waals surface area contributed by atoms with E-state index in [-0.39, 0.29) is 0 Å². The van der Waals surface area contributed by atoms with Gasteiger partial charge in [-0.3, -0.25) is 14.4 Å². The highest BCUT2D eigenvalue weighted by atomic mass is 15.4. The van der Waals surface area contributed by atoms with Crippen LogP contribution in [-0.2, 0) is 0 Å². The van der Waals surface area contributed by atoms with Crippen molar-refractivity contribution in [1.29, 1.82) is 0 Å². The Bertz CT molecular complexity index is 220. The van der Waals surface area contributed by atoms with Crippen LogP contribution in [-0.4, -0.2) is 61.6 Å². The molecule has 0 rings (SSSR count). The third kappa shape index (κ3) is 6.87. The number of unbranched alkanes of at least 4 members (excludes halogenated alkanes) is 4. The van der Waals surface area contributed by atoms with Crippen molar-refractivity contribution in [2.24, 2.45) is 0 Å². The Kier molecular flexibility index (Phi) is 9.80. The van der Waals surface area contributed by atoms with Crippen LogP contribution in [0.1, 0.15) is 52.4 Å². The fourth-order valence-electron chi connectivity index (χ4n) is 2.38. The lowest BCUT2D eigenvalue weighted by molar-refractivity contribution is -0.476. The Hall–Kier alpha value is -0.730. The van der Waals surface area contributed by atoms with Gasteiger partial charge >= 0.3 is 5.96 Å². The Morgan fingerprint density at radius 2 is 1.28 bits per heavy atom. The summed E-state index contributed by atoms with van der Waals surface area (Å²) >= 11 is 0. The van der Waals surface area contributed by atoms with Gasteiger partial charge in [-0.15, -0.1) is 0 Å². The van der Waals surface area contributed by atoms with Gasteiger partial charge in [0.25, 0.3) is 0 Å². The van der Waals surface area contributed by atoms with E-state index in [4.69, 9.17) is 0 Å². The topological polar surface area (TPSA) is 9.49 Å². The summed E-state index contributed by atoms with van der Waals surface area (Å²) < 4.78 is 2.23. The quantitative estimate of drug-likeness (QED) is 0.286. The van der Waals surface area contributed by atoms with Crippen molar-refractivity contribution in [2.75, 3.05) is 41.3 Å². The maximum absolute atomic E-state index is 2.55. The van der Waals surface area contributed by atoms with Gasteiger partial charge in [-0.25, -0.2) is 0 Å². The summed E-state index contributed by atoms with van der Waals surface area (Å²) in [6.45, 7) is 6.90. The fourth-order valence-corrected chi connectivity index (χ4v) is 2.38. The number of rotatable bonds is 8. The molecule has 0 aliphatic carbocycles. The number of hydrogen-bond acceptors (Lipinski definition) is 0. The van der Waals surface area contributed by atoms with E-state index in [1.54, 1.807) is 0 Å². The van der Waals surface area contributed by atoms with Crippen molar-refractivity contribution >= 4 is 5.96 Å². The average Bonchev–Trinajstić information content (AvgIpc) is 2.28. The predicted molar refractivity (Wildman–Crippen MR) is 81.4 cm³/mol. The zero-order valence-corrected chi connectivity index (χ0v) is 13.5. The molecule has 0 spiro atoms. The molecule has 0 saturated carbocycles. The average molecular weight is 256 g/mol. The third-order valence-corrected chi connectivity index (χ3v) is 3.15. The number of nitrogens with zero attached hydrogens (tertiary/aromatic N) is 3. The van der Waals surface area contributed by atoms with Crippen molar-refractivity contribution in [1.82, 2.24) is 9.80 Å². The number of hydrogen-bond donors (Lipinski definition) is 0. The van der Waals surface area contributed by atoms with E-state index >= 15 is 0 Å². The van der Waals surface area contributed by atoms with E-state index in [9.17, 15) is 0 Å². The molecule has 0 aliphatic rings. The summed E-state index contributed by atoms with van der Waals surface area (Å²) in [7, 11) is 8.56. The SMILES string of the molecule is CCCCCN(CCCCC)C(N(C)C)=[N+](C)C. The molecule has 18 heavy (non-hydrogen) atoms. The summed E-state index contributed by atoms with van der Waals surface area (Å²) in [5, 5.41) is 0. The molecule has 0 aliphatic heterocycles.